The molecule has 0 aromatic heterocycles. The van der Waals surface area contributed by atoms with Gasteiger partial charge in [0, 0.05) is 34.9 Å². The SMILES string of the molecule is C[C@@]1(c2cc(CC(=O)C3=CCN=C3C3CC3)ccc2F)CCSC(N)=N1. The lowest BCUT2D eigenvalue weighted by Gasteiger charge is -2.30. The molecule has 1 atom stereocenters. The number of ketones is 1. The second-order valence-corrected chi connectivity index (χ2v) is 8.47. The lowest BCUT2D eigenvalue weighted by atomic mass is 9.87. The number of rotatable bonds is 5. The van der Waals surface area contributed by atoms with Crippen molar-refractivity contribution in [2.24, 2.45) is 21.6 Å². The fraction of sp³-hybridized carbons (Fsp3) is 0.450. The van der Waals surface area contributed by atoms with Gasteiger partial charge in [-0.05, 0) is 43.9 Å². The Bertz CT molecular complexity index is 857. The highest BCUT2D eigenvalue weighted by molar-refractivity contribution is 8.13. The van der Waals surface area contributed by atoms with Crippen molar-refractivity contribution >= 4 is 28.4 Å². The van der Waals surface area contributed by atoms with E-state index < -0.39 is 5.54 Å². The number of nitrogens with zero attached hydrogens (tertiary/aromatic N) is 2. The molecule has 1 fully saturated rings. The number of benzene rings is 1. The number of thioether (sulfide) groups is 1. The van der Waals surface area contributed by atoms with Crippen molar-refractivity contribution in [2.45, 2.75) is 38.1 Å². The average molecular weight is 371 g/mol. The van der Waals surface area contributed by atoms with Crippen LogP contribution in [0.5, 0.6) is 0 Å². The van der Waals surface area contributed by atoms with Crippen LogP contribution in [0.25, 0.3) is 0 Å². The molecule has 2 N–H and O–H groups in total. The molecule has 3 aliphatic rings. The molecule has 0 amide bonds. The number of amidine groups is 1. The minimum Gasteiger partial charge on any atom is -0.379 e. The van der Waals surface area contributed by atoms with Crippen LogP contribution < -0.4 is 5.73 Å². The fourth-order valence-electron chi connectivity index (χ4n) is 3.64. The highest BCUT2D eigenvalue weighted by Crippen LogP contribution is 2.37. The molecule has 2 heterocycles. The van der Waals surface area contributed by atoms with Gasteiger partial charge in [0.05, 0.1) is 12.1 Å². The standard InChI is InChI=1S/C20H22FN3OS/c1-20(7-9-26-19(22)24-20)15-10-12(2-5-16(15)21)11-17(25)14-6-8-23-18(14)13-3-4-13/h2,5-6,10,13H,3-4,7-9,11H2,1H3,(H2,22,24)/t20-/m0/s1. The molecule has 4 rings (SSSR count). The van der Waals surface area contributed by atoms with Gasteiger partial charge >= 0.3 is 0 Å². The first kappa shape index (κ1) is 17.5. The molecule has 0 spiro atoms. The lowest BCUT2D eigenvalue weighted by Crippen LogP contribution is -2.30. The van der Waals surface area contributed by atoms with Crippen molar-refractivity contribution < 1.29 is 9.18 Å². The monoisotopic (exact) mass is 371 g/mol. The zero-order chi connectivity index (χ0) is 18.3. The van der Waals surface area contributed by atoms with Gasteiger partial charge in [-0.3, -0.25) is 14.8 Å². The maximum Gasteiger partial charge on any atom is 0.168 e. The second kappa shape index (κ2) is 6.65. The minimum absolute atomic E-state index is 0.0677. The Kier molecular flexibility index (Phi) is 4.47. The Balaban J connectivity index is 1.58. The number of carbonyl (C=O) groups is 1. The summed E-state index contributed by atoms with van der Waals surface area (Å²) in [6, 6.07) is 4.91. The van der Waals surface area contributed by atoms with E-state index in [1.54, 1.807) is 12.1 Å². The van der Waals surface area contributed by atoms with E-state index in [4.69, 9.17) is 5.73 Å². The number of nitrogens with two attached hydrogens (primary N) is 1. The van der Waals surface area contributed by atoms with E-state index >= 15 is 0 Å². The molecule has 136 valence electrons. The Hall–Kier alpha value is -1.95. The van der Waals surface area contributed by atoms with E-state index in [0.717, 1.165) is 41.9 Å². The largest absolute Gasteiger partial charge is 0.379 e. The number of allylic oxidation sites excluding steroid dienone is 1. The second-order valence-electron chi connectivity index (χ2n) is 7.35. The molecule has 6 heteroatoms. The molecular weight excluding hydrogens is 349 g/mol. The summed E-state index contributed by atoms with van der Waals surface area (Å²) in [5, 5.41) is 0.487. The highest BCUT2D eigenvalue weighted by atomic mass is 32.2. The zero-order valence-electron chi connectivity index (χ0n) is 14.8. The molecule has 2 aliphatic heterocycles. The predicted molar refractivity (Wildman–Crippen MR) is 104 cm³/mol. The van der Waals surface area contributed by atoms with Crippen LogP contribution in [0.1, 0.15) is 37.3 Å². The quantitative estimate of drug-likeness (QED) is 0.863. The molecule has 0 unspecified atom stereocenters. The van der Waals surface area contributed by atoms with Crippen molar-refractivity contribution in [3.05, 3.63) is 46.8 Å². The van der Waals surface area contributed by atoms with Crippen molar-refractivity contribution in [1.82, 2.24) is 0 Å². The Labute approximate surface area is 156 Å². The van der Waals surface area contributed by atoms with E-state index in [1.807, 2.05) is 13.0 Å². The number of halogens is 1. The van der Waals surface area contributed by atoms with Gasteiger partial charge in [-0.15, -0.1) is 0 Å². The molecule has 1 saturated carbocycles. The number of Topliss-reactive ketones (excluding diaryl/α,β-unsaturated/α-hetero) is 1. The maximum absolute atomic E-state index is 14.5. The molecule has 0 saturated heterocycles. The van der Waals surface area contributed by atoms with Crippen LogP contribution in [0.4, 0.5) is 4.39 Å². The molecule has 1 aromatic rings. The van der Waals surface area contributed by atoms with Gasteiger partial charge in [0.2, 0.25) is 0 Å². The van der Waals surface area contributed by atoms with E-state index in [9.17, 15) is 9.18 Å². The van der Waals surface area contributed by atoms with Crippen LogP contribution in [-0.4, -0.2) is 29.0 Å². The van der Waals surface area contributed by atoms with Crippen LogP contribution >= 0.6 is 11.8 Å². The van der Waals surface area contributed by atoms with Crippen LogP contribution in [0.3, 0.4) is 0 Å². The molecule has 4 nitrogen and oxygen atoms in total. The summed E-state index contributed by atoms with van der Waals surface area (Å²) in [7, 11) is 0. The predicted octanol–water partition coefficient (Wildman–Crippen LogP) is 3.40. The summed E-state index contributed by atoms with van der Waals surface area (Å²) < 4.78 is 14.5. The smallest absolute Gasteiger partial charge is 0.168 e. The molecule has 26 heavy (non-hydrogen) atoms. The number of hydrogen-bond acceptors (Lipinski definition) is 5. The summed E-state index contributed by atoms with van der Waals surface area (Å²) in [5.41, 5.74) is 8.26. The molecule has 0 radical (unpaired) electrons. The molecular formula is C20H22FN3OS. The molecule has 1 aromatic carbocycles. The summed E-state index contributed by atoms with van der Waals surface area (Å²) >= 11 is 1.49. The van der Waals surface area contributed by atoms with Crippen LogP contribution in [-0.2, 0) is 16.8 Å². The Morgan fingerprint density at radius 1 is 1.42 bits per heavy atom. The lowest BCUT2D eigenvalue weighted by molar-refractivity contribution is -0.114. The first-order valence-electron chi connectivity index (χ1n) is 9.01. The number of carbonyl (C=O) groups excluding carboxylic acids is 1. The first-order chi connectivity index (χ1) is 12.5. The van der Waals surface area contributed by atoms with E-state index in [2.05, 4.69) is 9.98 Å². The van der Waals surface area contributed by atoms with Gasteiger partial charge in [-0.2, -0.15) is 0 Å². The van der Waals surface area contributed by atoms with Gasteiger partial charge in [-0.25, -0.2) is 4.39 Å². The Morgan fingerprint density at radius 3 is 2.96 bits per heavy atom. The van der Waals surface area contributed by atoms with E-state index in [1.165, 1.54) is 17.8 Å². The third kappa shape index (κ3) is 3.34. The van der Waals surface area contributed by atoms with Gasteiger partial charge in [0.15, 0.2) is 11.0 Å². The maximum atomic E-state index is 14.5. The molecule has 1 aliphatic carbocycles. The first-order valence-corrected chi connectivity index (χ1v) is 10.00. The normalized spacial score (nSPS) is 25.5. The third-order valence-electron chi connectivity index (χ3n) is 5.27. The average Bonchev–Trinajstić information content (AvgIpc) is 3.32. The van der Waals surface area contributed by atoms with Gasteiger partial charge in [0.1, 0.15) is 5.82 Å². The van der Waals surface area contributed by atoms with E-state index in [-0.39, 0.29) is 18.0 Å². The van der Waals surface area contributed by atoms with Gasteiger partial charge in [-0.1, -0.05) is 23.9 Å². The van der Waals surface area contributed by atoms with Crippen molar-refractivity contribution in [2.75, 3.05) is 12.3 Å². The van der Waals surface area contributed by atoms with Crippen LogP contribution in [0.15, 0.2) is 39.8 Å². The summed E-state index contributed by atoms with van der Waals surface area (Å²) in [4.78, 5) is 21.7. The number of aliphatic imine (C=N–C) groups is 2. The minimum atomic E-state index is -0.675. The highest BCUT2D eigenvalue weighted by Gasteiger charge is 2.34. The topological polar surface area (TPSA) is 67.8 Å². The van der Waals surface area contributed by atoms with Gasteiger partial charge < -0.3 is 5.73 Å². The van der Waals surface area contributed by atoms with Crippen LogP contribution in [0.2, 0.25) is 0 Å². The van der Waals surface area contributed by atoms with Gasteiger partial charge in [0.25, 0.3) is 0 Å². The number of hydrogen-bond donors (Lipinski definition) is 1. The van der Waals surface area contributed by atoms with Crippen molar-refractivity contribution in [3.8, 4) is 0 Å². The fourth-order valence-corrected chi connectivity index (χ4v) is 4.62. The Morgan fingerprint density at radius 2 is 2.23 bits per heavy atom. The van der Waals surface area contributed by atoms with Crippen molar-refractivity contribution in [1.29, 1.82) is 0 Å². The zero-order valence-corrected chi connectivity index (χ0v) is 15.6. The summed E-state index contributed by atoms with van der Waals surface area (Å²) in [6.07, 6.45) is 5.15. The van der Waals surface area contributed by atoms with Crippen LogP contribution in [0, 0.1) is 11.7 Å². The summed E-state index contributed by atoms with van der Waals surface area (Å²) in [6.45, 7) is 2.51. The van der Waals surface area contributed by atoms with Crippen molar-refractivity contribution in [3.63, 3.8) is 0 Å². The summed E-state index contributed by atoms with van der Waals surface area (Å²) in [5.74, 6) is 1.04. The molecule has 0 bridgehead atoms. The van der Waals surface area contributed by atoms with E-state index in [0.29, 0.717) is 23.2 Å². The third-order valence-corrected chi connectivity index (χ3v) is 6.06.